The number of nitrogens with zero attached hydrogens (tertiary/aromatic N) is 5. The normalized spacial score (nSPS) is 17.6. The molecule has 2 aromatic heterocycles. The molecule has 0 unspecified atom stereocenters. The maximum absolute atomic E-state index is 14.1. The van der Waals surface area contributed by atoms with E-state index < -0.39 is 16.2 Å². The minimum Gasteiger partial charge on any atom is -0.380 e. The lowest BCUT2D eigenvalue weighted by molar-refractivity contribution is 0.0707. The number of rotatable bonds is 9. The lowest BCUT2D eigenvalue weighted by Gasteiger charge is -2.39. The Labute approximate surface area is 247 Å². The van der Waals surface area contributed by atoms with Crippen molar-refractivity contribution in [2.75, 3.05) is 67.8 Å². The van der Waals surface area contributed by atoms with E-state index in [0.29, 0.717) is 63.0 Å². The van der Waals surface area contributed by atoms with Gasteiger partial charge in [0, 0.05) is 68.8 Å². The molecule has 2 aliphatic heterocycles. The molecule has 11 nitrogen and oxygen atoms in total. The first-order valence-corrected chi connectivity index (χ1v) is 16.1. The van der Waals surface area contributed by atoms with Crippen LogP contribution in [0.2, 0.25) is 0 Å². The molecule has 0 atom stereocenters. The summed E-state index contributed by atoms with van der Waals surface area (Å²) in [5.74, 6) is -0.0107. The lowest BCUT2D eigenvalue weighted by atomic mass is 10.0. The number of hydrogen-bond acceptors (Lipinski definition) is 7. The molecule has 4 heterocycles. The Morgan fingerprint density at radius 2 is 1.81 bits per heavy atom. The summed E-state index contributed by atoms with van der Waals surface area (Å²) < 4.78 is 44.0. The van der Waals surface area contributed by atoms with E-state index in [1.807, 2.05) is 32.7 Å². The number of nitrogens with one attached hydrogen (secondary N) is 3. The molecule has 2 fully saturated rings. The second-order valence-corrected chi connectivity index (χ2v) is 13.1. The van der Waals surface area contributed by atoms with Gasteiger partial charge in [-0.15, -0.1) is 0 Å². The summed E-state index contributed by atoms with van der Waals surface area (Å²) >= 11 is 0. The number of likely N-dealkylation sites (N-methyl/N-ethyl adjacent to an activating group) is 1. The van der Waals surface area contributed by atoms with Crippen molar-refractivity contribution in [2.24, 2.45) is 0 Å². The Kier molecular flexibility index (Phi) is 8.90. The van der Waals surface area contributed by atoms with Crippen LogP contribution in [-0.2, 0) is 10.2 Å². The zero-order valence-corrected chi connectivity index (χ0v) is 25.5. The van der Waals surface area contributed by atoms with Crippen molar-refractivity contribution in [3.63, 3.8) is 0 Å². The number of H-pyrrole nitrogens is 1. The summed E-state index contributed by atoms with van der Waals surface area (Å²) in [6.45, 7) is 10.2. The van der Waals surface area contributed by atoms with Crippen LogP contribution in [0.15, 0.2) is 36.4 Å². The van der Waals surface area contributed by atoms with Gasteiger partial charge in [-0.2, -0.15) is 17.1 Å². The number of aromatic nitrogens is 2. The number of benzene rings is 1. The first-order chi connectivity index (χ1) is 20.0. The van der Waals surface area contributed by atoms with Crippen molar-refractivity contribution in [2.45, 2.75) is 45.7 Å². The molecule has 5 rings (SSSR count). The monoisotopic (exact) mass is 600 g/mol. The van der Waals surface area contributed by atoms with Gasteiger partial charge in [0.05, 0.1) is 11.4 Å². The van der Waals surface area contributed by atoms with Crippen LogP contribution in [0.5, 0.6) is 0 Å². The third kappa shape index (κ3) is 6.63. The van der Waals surface area contributed by atoms with Crippen LogP contribution < -0.4 is 14.9 Å². The molecule has 2 aliphatic rings. The average molecular weight is 601 g/mol. The Morgan fingerprint density at radius 3 is 2.48 bits per heavy atom. The van der Waals surface area contributed by atoms with Gasteiger partial charge in [0.15, 0.2) is 5.82 Å². The highest BCUT2D eigenvalue weighted by Gasteiger charge is 2.30. The van der Waals surface area contributed by atoms with Crippen LogP contribution >= 0.6 is 0 Å². The Bertz CT molecular complexity index is 1510. The predicted molar refractivity (Wildman–Crippen MR) is 165 cm³/mol. The van der Waals surface area contributed by atoms with Gasteiger partial charge in [-0.25, -0.2) is 4.98 Å². The molecule has 1 aromatic carbocycles. The maximum Gasteiger partial charge on any atom is 0.301 e. The first-order valence-electron chi connectivity index (χ1n) is 14.6. The van der Waals surface area contributed by atoms with Gasteiger partial charge in [0.1, 0.15) is 5.69 Å². The number of anilines is 3. The molecule has 13 heteroatoms. The van der Waals surface area contributed by atoms with E-state index in [0.717, 1.165) is 29.4 Å². The second kappa shape index (κ2) is 12.4. The van der Waals surface area contributed by atoms with Gasteiger partial charge in [0.2, 0.25) is 5.95 Å². The van der Waals surface area contributed by atoms with Crippen LogP contribution in [0.4, 0.5) is 21.6 Å². The molecule has 3 aromatic rings. The number of carbonyl (C=O) groups excluding carboxylic acids is 1. The summed E-state index contributed by atoms with van der Waals surface area (Å²) in [5.41, 5.74) is 2.48. The van der Waals surface area contributed by atoms with E-state index in [-0.39, 0.29) is 18.0 Å². The maximum atomic E-state index is 14.1. The van der Waals surface area contributed by atoms with E-state index in [1.54, 1.807) is 30.3 Å². The Morgan fingerprint density at radius 1 is 1.10 bits per heavy atom. The summed E-state index contributed by atoms with van der Waals surface area (Å²) in [7, 11) is -1.69. The Hall–Kier alpha value is -3.42. The van der Waals surface area contributed by atoms with Gasteiger partial charge in [0.25, 0.3) is 5.91 Å². The highest BCUT2D eigenvalue weighted by atomic mass is 32.2. The number of aromatic amines is 1. The van der Waals surface area contributed by atoms with Crippen molar-refractivity contribution >= 4 is 44.2 Å². The summed E-state index contributed by atoms with van der Waals surface area (Å²) in [5, 5.41) is 4.12. The summed E-state index contributed by atoms with van der Waals surface area (Å²) in [6, 6.07) is 10.4. The minimum atomic E-state index is -3.66. The number of pyridine rings is 1. The van der Waals surface area contributed by atoms with Gasteiger partial charge in [-0.3, -0.25) is 9.52 Å². The lowest BCUT2D eigenvalue weighted by Crippen LogP contribution is -2.48. The highest BCUT2D eigenvalue weighted by molar-refractivity contribution is 7.90. The Balaban J connectivity index is 1.24. The summed E-state index contributed by atoms with van der Waals surface area (Å²) in [6.07, 6.45) is 1.47. The molecule has 0 radical (unpaired) electrons. The fourth-order valence-electron chi connectivity index (χ4n) is 5.75. The molecule has 42 heavy (non-hydrogen) atoms. The molecule has 0 saturated carbocycles. The van der Waals surface area contributed by atoms with Crippen molar-refractivity contribution < 1.29 is 17.6 Å². The molecule has 3 N–H and O–H groups in total. The number of fused-ring (bicyclic) bond motifs is 1. The molecular formula is C29H41FN8O3S. The number of amides is 1. The fraction of sp³-hybridized carbons (Fsp3) is 0.517. The van der Waals surface area contributed by atoms with Crippen molar-refractivity contribution in [3.05, 3.63) is 48.0 Å². The van der Waals surface area contributed by atoms with Crippen LogP contribution in [-0.4, -0.2) is 103 Å². The van der Waals surface area contributed by atoms with Crippen LogP contribution in [0, 0.1) is 5.95 Å². The largest absolute Gasteiger partial charge is 0.380 e. The topological polar surface area (TPSA) is 117 Å². The smallest absolute Gasteiger partial charge is 0.301 e. The van der Waals surface area contributed by atoms with Crippen LogP contribution in [0.3, 0.4) is 0 Å². The zero-order valence-electron chi connectivity index (χ0n) is 24.7. The van der Waals surface area contributed by atoms with Gasteiger partial charge >= 0.3 is 10.2 Å². The molecule has 228 valence electrons. The van der Waals surface area contributed by atoms with Crippen LogP contribution in [0.1, 0.15) is 44.1 Å². The molecule has 0 bridgehead atoms. The highest BCUT2D eigenvalue weighted by Crippen LogP contribution is 2.30. The van der Waals surface area contributed by atoms with Crippen molar-refractivity contribution in [3.8, 4) is 0 Å². The first kappa shape index (κ1) is 30.1. The molecule has 0 spiro atoms. The number of piperidine rings is 1. The average Bonchev–Trinajstić information content (AvgIpc) is 3.38. The van der Waals surface area contributed by atoms with Gasteiger partial charge < -0.3 is 25.0 Å². The molecule has 2 saturated heterocycles. The fourth-order valence-corrected chi connectivity index (χ4v) is 6.95. The molecule has 1 amide bonds. The minimum absolute atomic E-state index is 0.0988. The van der Waals surface area contributed by atoms with Crippen molar-refractivity contribution in [1.29, 1.82) is 0 Å². The van der Waals surface area contributed by atoms with E-state index >= 15 is 0 Å². The quantitative estimate of drug-likeness (QED) is 0.322. The van der Waals surface area contributed by atoms with Gasteiger partial charge in [-0.1, -0.05) is 0 Å². The summed E-state index contributed by atoms with van der Waals surface area (Å²) in [4.78, 5) is 26.9. The number of halogens is 1. The second-order valence-electron chi connectivity index (χ2n) is 11.4. The van der Waals surface area contributed by atoms with Crippen LogP contribution in [0.25, 0.3) is 10.9 Å². The third-order valence-corrected chi connectivity index (χ3v) is 9.53. The number of piperazine rings is 1. The SMILES string of the molecule is CCN(c1nc(F)ccc1NC(C)C)C1CCN(C(=O)c2cc3cc(NS(=O)(=O)N4CCN(C)CC4)ccc3[nH]2)CC1. The van der Waals surface area contributed by atoms with Crippen molar-refractivity contribution in [1.82, 2.24) is 24.1 Å². The van der Waals surface area contributed by atoms with Gasteiger partial charge in [-0.05, 0) is 77.1 Å². The van der Waals surface area contributed by atoms with E-state index in [4.69, 9.17) is 0 Å². The number of carbonyl (C=O) groups is 1. The number of likely N-dealkylation sites (tertiary alicyclic amines) is 1. The number of hydrogen-bond donors (Lipinski definition) is 3. The third-order valence-electron chi connectivity index (χ3n) is 7.99. The van der Waals surface area contributed by atoms with E-state index in [2.05, 4.69) is 29.8 Å². The van der Waals surface area contributed by atoms with E-state index in [9.17, 15) is 17.6 Å². The standard InChI is InChI=1S/C29H41FN8O3S/c1-5-38(28-25(31-20(2)3)8-9-27(30)33-28)23-10-12-36(13-11-23)29(39)26-19-21-18-22(6-7-24(21)32-26)34-42(40,41)37-16-14-35(4)15-17-37/h6-9,18-20,23,31-32,34H,5,10-17H2,1-4H3. The molecule has 0 aliphatic carbocycles. The molecular weight excluding hydrogens is 559 g/mol. The zero-order chi connectivity index (χ0) is 30.0. The van der Waals surface area contributed by atoms with E-state index in [1.165, 1.54) is 10.4 Å². The predicted octanol–water partition coefficient (Wildman–Crippen LogP) is 3.56.